The minimum atomic E-state index is -0.504. The molecule has 24 heavy (non-hydrogen) atoms. The van der Waals surface area contributed by atoms with Crippen molar-refractivity contribution in [1.82, 2.24) is 9.78 Å². The molecule has 0 aliphatic rings. The highest BCUT2D eigenvalue weighted by Crippen LogP contribution is 2.26. The second-order valence-corrected chi connectivity index (χ2v) is 5.30. The molecule has 6 heteroatoms. The van der Waals surface area contributed by atoms with Gasteiger partial charge in [0.2, 0.25) is 0 Å². The molecule has 1 aromatic heterocycles. The molecule has 6 nitrogen and oxygen atoms in total. The number of nitrogens with zero attached hydrogens (tertiary/aromatic N) is 3. The number of rotatable bonds is 3. The van der Waals surface area contributed by atoms with Gasteiger partial charge in [0.1, 0.15) is 0 Å². The van der Waals surface area contributed by atoms with Crippen molar-refractivity contribution in [1.29, 1.82) is 0 Å². The SMILES string of the molecule is Cc1nn(-c2ccccc2-c2ccccc2)cc1C(=O)N=C(N)N. The molecule has 3 rings (SSSR count). The van der Waals surface area contributed by atoms with Crippen LogP contribution in [0.5, 0.6) is 0 Å². The topological polar surface area (TPSA) is 99.3 Å². The molecular weight excluding hydrogens is 302 g/mol. The molecule has 0 aliphatic carbocycles. The number of carbonyl (C=O) groups excluding carboxylic acids is 1. The number of aliphatic imine (C=N–C) groups is 1. The van der Waals surface area contributed by atoms with Gasteiger partial charge < -0.3 is 11.5 Å². The van der Waals surface area contributed by atoms with Crippen molar-refractivity contribution in [3.8, 4) is 16.8 Å². The number of amides is 1. The van der Waals surface area contributed by atoms with E-state index in [0.29, 0.717) is 11.3 Å². The van der Waals surface area contributed by atoms with Crippen molar-refractivity contribution in [2.75, 3.05) is 0 Å². The summed E-state index contributed by atoms with van der Waals surface area (Å²) >= 11 is 0. The van der Waals surface area contributed by atoms with Gasteiger partial charge in [0.05, 0.1) is 16.9 Å². The summed E-state index contributed by atoms with van der Waals surface area (Å²) in [6, 6.07) is 17.8. The van der Waals surface area contributed by atoms with E-state index >= 15 is 0 Å². The molecule has 0 fully saturated rings. The number of carbonyl (C=O) groups is 1. The Bertz CT molecular complexity index is 908. The Morgan fingerprint density at radius 3 is 2.42 bits per heavy atom. The number of hydrogen-bond acceptors (Lipinski definition) is 2. The fraction of sp³-hybridized carbons (Fsp3) is 0.0556. The minimum absolute atomic E-state index is 0.267. The third-order valence-electron chi connectivity index (χ3n) is 3.60. The summed E-state index contributed by atoms with van der Waals surface area (Å²) in [6.07, 6.45) is 1.64. The van der Waals surface area contributed by atoms with Gasteiger partial charge in [-0.25, -0.2) is 4.68 Å². The fourth-order valence-electron chi connectivity index (χ4n) is 2.51. The van der Waals surface area contributed by atoms with Crippen LogP contribution in [0.3, 0.4) is 0 Å². The summed E-state index contributed by atoms with van der Waals surface area (Å²) in [4.78, 5) is 15.7. The molecule has 0 atom stereocenters. The molecule has 2 aromatic carbocycles. The lowest BCUT2D eigenvalue weighted by Crippen LogP contribution is -2.24. The molecule has 0 saturated heterocycles. The van der Waals surface area contributed by atoms with Crippen LogP contribution in [0.1, 0.15) is 16.1 Å². The van der Waals surface area contributed by atoms with Crippen LogP contribution < -0.4 is 11.5 Å². The number of aromatic nitrogens is 2. The van der Waals surface area contributed by atoms with Gasteiger partial charge in [-0.1, -0.05) is 48.5 Å². The van der Waals surface area contributed by atoms with E-state index in [2.05, 4.69) is 10.1 Å². The summed E-state index contributed by atoms with van der Waals surface area (Å²) in [5, 5.41) is 4.44. The van der Waals surface area contributed by atoms with E-state index in [1.54, 1.807) is 17.8 Å². The zero-order valence-electron chi connectivity index (χ0n) is 13.2. The summed E-state index contributed by atoms with van der Waals surface area (Å²) in [7, 11) is 0. The number of para-hydroxylation sites is 1. The van der Waals surface area contributed by atoms with Crippen LogP contribution in [0, 0.1) is 6.92 Å². The van der Waals surface area contributed by atoms with Gasteiger partial charge in [0.25, 0.3) is 5.91 Å². The molecular formula is C18H17N5O. The molecule has 0 aliphatic heterocycles. The zero-order chi connectivity index (χ0) is 17.1. The second-order valence-electron chi connectivity index (χ2n) is 5.30. The van der Waals surface area contributed by atoms with Crippen LogP contribution in [0.15, 0.2) is 65.8 Å². The number of nitrogens with two attached hydrogens (primary N) is 2. The molecule has 0 saturated carbocycles. The Hall–Kier alpha value is -3.41. The Balaban J connectivity index is 2.09. The van der Waals surface area contributed by atoms with Gasteiger partial charge in [-0.05, 0) is 18.6 Å². The first kappa shape index (κ1) is 15.5. The average molecular weight is 319 g/mol. The van der Waals surface area contributed by atoms with Crippen molar-refractivity contribution in [2.24, 2.45) is 16.5 Å². The first-order valence-corrected chi connectivity index (χ1v) is 7.41. The normalized spacial score (nSPS) is 10.4. The van der Waals surface area contributed by atoms with E-state index in [4.69, 9.17) is 11.5 Å². The Morgan fingerprint density at radius 1 is 1.04 bits per heavy atom. The first-order chi connectivity index (χ1) is 11.6. The largest absolute Gasteiger partial charge is 0.370 e. The van der Waals surface area contributed by atoms with Crippen molar-refractivity contribution in [2.45, 2.75) is 6.92 Å². The van der Waals surface area contributed by atoms with Gasteiger partial charge in [-0.2, -0.15) is 10.1 Å². The fourth-order valence-corrected chi connectivity index (χ4v) is 2.51. The minimum Gasteiger partial charge on any atom is -0.370 e. The quantitative estimate of drug-likeness (QED) is 0.571. The van der Waals surface area contributed by atoms with Crippen molar-refractivity contribution < 1.29 is 4.79 Å². The van der Waals surface area contributed by atoms with Crippen molar-refractivity contribution in [3.05, 3.63) is 72.1 Å². The number of aryl methyl sites for hydroxylation is 1. The van der Waals surface area contributed by atoms with Crippen LogP contribution in [0.25, 0.3) is 16.8 Å². The lowest BCUT2D eigenvalue weighted by Gasteiger charge is -2.09. The van der Waals surface area contributed by atoms with Crippen LogP contribution in [-0.4, -0.2) is 21.6 Å². The van der Waals surface area contributed by atoms with E-state index < -0.39 is 5.91 Å². The molecule has 3 aromatic rings. The third-order valence-corrected chi connectivity index (χ3v) is 3.60. The third kappa shape index (κ3) is 3.03. The number of benzene rings is 2. The van der Waals surface area contributed by atoms with E-state index in [0.717, 1.165) is 16.8 Å². The molecule has 1 heterocycles. The van der Waals surface area contributed by atoms with Crippen LogP contribution >= 0.6 is 0 Å². The summed E-state index contributed by atoms with van der Waals surface area (Å²) in [5.74, 6) is -0.771. The van der Waals surface area contributed by atoms with Gasteiger partial charge in [0, 0.05) is 11.8 Å². The number of guanidine groups is 1. The first-order valence-electron chi connectivity index (χ1n) is 7.41. The molecule has 0 bridgehead atoms. The van der Waals surface area contributed by atoms with E-state index in [1.165, 1.54) is 0 Å². The standard InChI is InChI=1S/C18H17N5O/c1-12-15(17(24)21-18(19)20)11-23(22-12)16-10-6-5-9-14(16)13-7-3-2-4-8-13/h2-11H,1H3,(H4,19,20,21,24). The molecule has 0 radical (unpaired) electrons. The van der Waals surface area contributed by atoms with Crippen LogP contribution in [-0.2, 0) is 0 Å². The van der Waals surface area contributed by atoms with Gasteiger partial charge in [-0.3, -0.25) is 4.79 Å². The van der Waals surface area contributed by atoms with Crippen LogP contribution in [0.2, 0.25) is 0 Å². The van der Waals surface area contributed by atoms with E-state index in [1.807, 2.05) is 54.6 Å². The summed E-state index contributed by atoms with van der Waals surface area (Å²) < 4.78 is 1.67. The Labute approximate surface area is 139 Å². The van der Waals surface area contributed by atoms with Gasteiger partial charge >= 0.3 is 0 Å². The summed E-state index contributed by atoms with van der Waals surface area (Å²) in [6.45, 7) is 1.75. The Kier molecular flexibility index (Phi) is 4.11. The average Bonchev–Trinajstić information content (AvgIpc) is 2.97. The van der Waals surface area contributed by atoms with E-state index in [-0.39, 0.29) is 5.96 Å². The van der Waals surface area contributed by atoms with Crippen molar-refractivity contribution >= 4 is 11.9 Å². The maximum atomic E-state index is 12.1. The predicted octanol–water partition coefficient (Wildman–Crippen LogP) is 2.26. The highest BCUT2D eigenvalue weighted by Gasteiger charge is 2.15. The molecule has 0 unspecified atom stereocenters. The Morgan fingerprint density at radius 2 is 1.71 bits per heavy atom. The van der Waals surface area contributed by atoms with Gasteiger partial charge in [-0.15, -0.1) is 0 Å². The van der Waals surface area contributed by atoms with Crippen molar-refractivity contribution in [3.63, 3.8) is 0 Å². The van der Waals surface area contributed by atoms with Crippen LogP contribution in [0.4, 0.5) is 0 Å². The predicted molar refractivity (Wildman–Crippen MR) is 93.9 cm³/mol. The number of hydrogen-bond donors (Lipinski definition) is 2. The molecule has 0 spiro atoms. The maximum absolute atomic E-state index is 12.1. The molecule has 120 valence electrons. The summed E-state index contributed by atoms with van der Waals surface area (Å²) in [5.41, 5.74) is 14.4. The zero-order valence-corrected chi connectivity index (χ0v) is 13.2. The maximum Gasteiger partial charge on any atom is 0.283 e. The smallest absolute Gasteiger partial charge is 0.283 e. The van der Waals surface area contributed by atoms with E-state index in [9.17, 15) is 4.79 Å². The molecule has 1 amide bonds. The second kappa shape index (κ2) is 6.37. The van der Waals surface area contributed by atoms with Gasteiger partial charge in [0.15, 0.2) is 5.96 Å². The monoisotopic (exact) mass is 319 g/mol. The highest BCUT2D eigenvalue weighted by molar-refractivity contribution is 6.02. The molecule has 4 N–H and O–H groups in total. The lowest BCUT2D eigenvalue weighted by molar-refractivity contribution is 0.100. The lowest BCUT2D eigenvalue weighted by atomic mass is 10.0. The highest BCUT2D eigenvalue weighted by atomic mass is 16.1.